The topological polar surface area (TPSA) is 46.5 Å². The minimum atomic E-state index is -0.897. The Kier molecular flexibility index (Phi) is 7.51. The van der Waals surface area contributed by atoms with Gasteiger partial charge in [0.15, 0.2) is 0 Å². The highest BCUT2D eigenvalue weighted by Crippen LogP contribution is 2.41. The molecule has 0 aromatic carbocycles. The van der Waals surface area contributed by atoms with Crippen LogP contribution in [0.4, 0.5) is 0 Å². The van der Waals surface area contributed by atoms with E-state index in [0.29, 0.717) is 6.61 Å². The van der Waals surface area contributed by atoms with Crippen LogP contribution in [0.25, 0.3) is 0 Å². The Labute approximate surface area is 153 Å². The number of allylic oxidation sites excluding steroid dienone is 1. The molecule has 1 N–H and O–H groups in total. The molecule has 2 rings (SSSR count). The van der Waals surface area contributed by atoms with E-state index in [1.807, 2.05) is 0 Å². The number of rotatable bonds is 8. The third kappa shape index (κ3) is 5.30. The largest absolute Gasteiger partial charge is 0.459 e. The quantitative estimate of drug-likeness (QED) is 0.410. The fraction of sp³-hybridized carbons (Fsp3) is 0.857. The van der Waals surface area contributed by atoms with Gasteiger partial charge in [0.05, 0.1) is 25.7 Å². The molecule has 1 saturated carbocycles. The molecule has 0 aromatic heterocycles. The third-order valence-corrected chi connectivity index (χ3v) is 6.59. The highest BCUT2D eigenvalue weighted by molar-refractivity contribution is 5.77. The molecular formula is C21H38NO3+. The molecule has 0 spiro atoms. The smallest absolute Gasteiger partial charge is 0.316 e. The van der Waals surface area contributed by atoms with Gasteiger partial charge in [-0.25, -0.2) is 0 Å². The van der Waals surface area contributed by atoms with Gasteiger partial charge in [-0.05, 0) is 52.4 Å². The number of carbonyl (C=O) groups excluding carboxylic acids is 1. The molecule has 0 amide bonds. The van der Waals surface area contributed by atoms with E-state index in [0.717, 1.165) is 81.1 Å². The molecule has 2 aliphatic rings. The summed E-state index contributed by atoms with van der Waals surface area (Å²) in [4.78, 5) is 13.0. The number of quaternary nitrogens is 1. The van der Waals surface area contributed by atoms with Crippen molar-refractivity contribution in [1.82, 2.24) is 0 Å². The van der Waals surface area contributed by atoms with Gasteiger partial charge in [-0.3, -0.25) is 4.79 Å². The summed E-state index contributed by atoms with van der Waals surface area (Å²) in [5.41, 5.74) is 0.232. The van der Waals surface area contributed by atoms with Crippen LogP contribution in [-0.2, 0) is 9.53 Å². The number of hydrogen-bond donors (Lipinski definition) is 1. The van der Waals surface area contributed by atoms with Crippen LogP contribution in [-0.4, -0.2) is 54.4 Å². The second kappa shape index (κ2) is 9.18. The SMILES string of the molecule is CC[N+](C)(CC)CCOC(=O)[C@H](C1=CCCCC1)C1(O)CCCCC1. The molecule has 2 aliphatic carbocycles. The first-order chi connectivity index (χ1) is 11.9. The lowest BCUT2D eigenvalue weighted by molar-refractivity contribution is -0.906. The Bertz CT molecular complexity index is 462. The Balaban J connectivity index is 2.06. The first-order valence-corrected chi connectivity index (χ1v) is 10.4. The average Bonchev–Trinajstić information content (AvgIpc) is 2.63. The first kappa shape index (κ1) is 20.4. The van der Waals surface area contributed by atoms with E-state index >= 15 is 0 Å². The van der Waals surface area contributed by atoms with Gasteiger partial charge in [0.2, 0.25) is 0 Å². The normalized spacial score (nSPS) is 22.2. The van der Waals surface area contributed by atoms with Crippen molar-refractivity contribution in [3.63, 3.8) is 0 Å². The molecule has 0 bridgehead atoms. The van der Waals surface area contributed by atoms with E-state index in [4.69, 9.17) is 4.74 Å². The molecule has 25 heavy (non-hydrogen) atoms. The zero-order valence-corrected chi connectivity index (χ0v) is 16.6. The molecule has 0 aromatic rings. The lowest BCUT2D eigenvalue weighted by Gasteiger charge is -2.40. The van der Waals surface area contributed by atoms with Crippen LogP contribution in [0.2, 0.25) is 0 Å². The lowest BCUT2D eigenvalue weighted by atomic mass is 9.70. The molecule has 1 fully saturated rings. The Morgan fingerprint density at radius 1 is 1.20 bits per heavy atom. The van der Waals surface area contributed by atoms with Crippen LogP contribution < -0.4 is 0 Å². The predicted molar refractivity (Wildman–Crippen MR) is 101 cm³/mol. The Morgan fingerprint density at radius 2 is 1.88 bits per heavy atom. The van der Waals surface area contributed by atoms with Crippen LogP contribution in [0, 0.1) is 5.92 Å². The summed E-state index contributed by atoms with van der Waals surface area (Å²) in [6, 6.07) is 0. The van der Waals surface area contributed by atoms with E-state index in [1.165, 1.54) is 6.42 Å². The monoisotopic (exact) mass is 352 g/mol. The summed E-state index contributed by atoms with van der Waals surface area (Å²) in [5, 5.41) is 11.3. The van der Waals surface area contributed by atoms with Gasteiger partial charge < -0.3 is 14.3 Å². The van der Waals surface area contributed by atoms with E-state index in [9.17, 15) is 9.90 Å². The second-order valence-electron chi connectivity index (χ2n) is 8.27. The predicted octanol–water partition coefficient (Wildman–Crippen LogP) is 3.83. The van der Waals surface area contributed by atoms with Crippen molar-refractivity contribution in [3.05, 3.63) is 11.6 Å². The summed E-state index contributed by atoms with van der Waals surface area (Å²) < 4.78 is 6.63. The number of ether oxygens (including phenoxy) is 1. The average molecular weight is 353 g/mol. The summed E-state index contributed by atoms with van der Waals surface area (Å²) >= 11 is 0. The molecule has 4 nitrogen and oxygen atoms in total. The third-order valence-electron chi connectivity index (χ3n) is 6.59. The van der Waals surface area contributed by atoms with Crippen LogP contribution in [0.15, 0.2) is 11.6 Å². The van der Waals surface area contributed by atoms with Gasteiger partial charge >= 0.3 is 5.97 Å². The van der Waals surface area contributed by atoms with Gasteiger partial charge in [-0.15, -0.1) is 0 Å². The zero-order valence-electron chi connectivity index (χ0n) is 16.6. The van der Waals surface area contributed by atoms with Gasteiger partial charge in [-0.1, -0.05) is 30.9 Å². The van der Waals surface area contributed by atoms with Crippen LogP contribution in [0.3, 0.4) is 0 Å². The van der Waals surface area contributed by atoms with Crippen molar-refractivity contribution in [3.8, 4) is 0 Å². The highest BCUT2D eigenvalue weighted by atomic mass is 16.5. The summed E-state index contributed by atoms with van der Waals surface area (Å²) in [6.07, 6.45) is 11.1. The molecule has 1 atom stereocenters. The molecule has 0 saturated heterocycles. The molecule has 0 heterocycles. The fourth-order valence-corrected chi connectivity index (χ4v) is 4.28. The van der Waals surface area contributed by atoms with E-state index in [-0.39, 0.29) is 5.97 Å². The number of nitrogens with zero attached hydrogens (tertiary/aromatic N) is 1. The molecule has 0 radical (unpaired) electrons. The van der Waals surface area contributed by atoms with Crippen molar-refractivity contribution >= 4 is 5.97 Å². The van der Waals surface area contributed by atoms with E-state index in [1.54, 1.807) is 0 Å². The summed E-state index contributed by atoms with van der Waals surface area (Å²) in [6.45, 7) is 7.69. The number of esters is 1. The van der Waals surface area contributed by atoms with E-state index in [2.05, 4.69) is 27.0 Å². The van der Waals surface area contributed by atoms with Crippen molar-refractivity contribution in [1.29, 1.82) is 0 Å². The zero-order chi connectivity index (χ0) is 18.3. The lowest BCUT2D eigenvalue weighted by Crippen LogP contribution is -2.48. The maximum Gasteiger partial charge on any atom is 0.316 e. The van der Waals surface area contributed by atoms with Crippen molar-refractivity contribution in [2.45, 2.75) is 77.2 Å². The maximum absolute atomic E-state index is 13.0. The Hall–Kier alpha value is -0.870. The molecule has 144 valence electrons. The maximum atomic E-state index is 13.0. The molecule has 4 heteroatoms. The molecular weight excluding hydrogens is 314 g/mol. The molecule has 0 unspecified atom stereocenters. The number of hydrogen-bond acceptors (Lipinski definition) is 3. The van der Waals surface area contributed by atoms with Crippen LogP contribution in [0.5, 0.6) is 0 Å². The van der Waals surface area contributed by atoms with Gasteiger partial charge in [0.1, 0.15) is 19.1 Å². The van der Waals surface area contributed by atoms with Gasteiger partial charge in [0.25, 0.3) is 0 Å². The first-order valence-electron chi connectivity index (χ1n) is 10.4. The highest BCUT2D eigenvalue weighted by Gasteiger charge is 2.45. The fourth-order valence-electron chi connectivity index (χ4n) is 4.28. The Morgan fingerprint density at radius 3 is 2.44 bits per heavy atom. The number of carbonyl (C=O) groups is 1. The van der Waals surface area contributed by atoms with Crippen molar-refractivity contribution in [2.24, 2.45) is 5.92 Å². The second-order valence-corrected chi connectivity index (χ2v) is 8.27. The van der Waals surface area contributed by atoms with Crippen molar-refractivity contribution < 1.29 is 19.1 Å². The number of aliphatic hydroxyl groups is 1. The van der Waals surface area contributed by atoms with Gasteiger partial charge in [-0.2, -0.15) is 0 Å². The minimum Gasteiger partial charge on any atom is -0.459 e. The molecule has 0 aliphatic heterocycles. The minimum absolute atomic E-state index is 0.198. The summed E-state index contributed by atoms with van der Waals surface area (Å²) in [7, 11) is 2.20. The van der Waals surface area contributed by atoms with Crippen molar-refractivity contribution in [2.75, 3.05) is 33.3 Å². The summed E-state index contributed by atoms with van der Waals surface area (Å²) in [5.74, 6) is -0.647. The standard InChI is InChI=1S/C21H38NO3/c1-4-22(3,5-2)16-17-25-20(23)19(18-12-8-6-9-13-18)21(24)14-10-7-11-15-21/h12,19,24H,4-11,13-17H2,1-3H3/q+1/t19-/m0/s1. The van der Waals surface area contributed by atoms with Crippen LogP contribution >= 0.6 is 0 Å². The van der Waals surface area contributed by atoms with Gasteiger partial charge in [0, 0.05) is 0 Å². The van der Waals surface area contributed by atoms with Crippen LogP contribution in [0.1, 0.15) is 71.6 Å². The van der Waals surface area contributed by atoms with E-state index < -0.39 is 11.5 Å². The number of likely N-dealkylation sites (N-methyl/N-ethyl adjacent to an activating group) is 1.